The Morgan fingerprint density at radius 3 is 1.71 bits per heavy atom. The van der Waals surface area contributed by atoms with E-state index in [1.807, 2.05) is 0 Å². The molecule has 0 atom stereocenters. The summed E-state index contributed by atoms with van der Waals surface area (Å²) in [6.07, 6.45) is 0. The van der Waals surface area contributed by atoms with Gasteiger partial charge >= 0.3 is 6.85 Å². The lowest BCUT2D eigenvalue weighted by atomic mass is 9.47. The molecule has 0 unspecified atom stereocenters. The number of fused-ring (bicyclic) bond motifs is 13. The predicted molar refractivity (Wildman–Crippen MR) is 298 cm³/mol. The second-order valence-electron chi connectivity index (χ2n) is 25.5. The lowest BCUT2D eigenvalue weighted by Gasteiger charge is -2.40. The van der Waals surface area contributed by atoms with Crippen molar-refractivity contribution in [3.63, 3.8) is 0 Å². The van der Waals surface area contributed by atoms with Crippen LogP contribution in [0.4, 0.5) is 17.1 Å². The summed E-state index contributed by atoms with van der Waals surface area (Å²) in [5.74, 6) is 0. The van der Waals surface area contributed by atoms with Crippen molar-refractivity contribution in [3.8, 4) is 16.8 Å². The first-order valence-corrected chi connectivity index (χ1v) is 25.2. The monoisotopic (exact) mass is 904 g/mol. The maximum atomic E-state index is 7.79. The van der Waals surface area contributed by atoms with Gasteiger partial charge in [0.05, 0.1) is 16.7 Å². The fraction of sp³-hybridized carbons (Fsp3) is 0.312. The van der Waals surface area contributed by atoms with Crippen molar-refractivity contribution in [1.29, 1.82) is 0 Å². The van der Waals surface area contributed by atoms with Crippen molar-refractivity contribution in [2.45, 2.75) is 131 Å². The van der Waals surface area contributed by atoms with Crippen LogP contribution in [0.5, 0.6) is 0 Å². The highest BCUT2D eigenvalue weighted by Crippen LogP contribution is 2.53. The SMILES string of the molecule is CC(C)(C)c1ccc(N2c3cc(C(C)(C)C)cc4c3B(c3oc5c(C(C)(C)C)cc(C(C)(C)C)cc5c32)n2c3ccc(C(C)(C)C)cc3c3cc5c(c-4c32)c2ccccc2n5-c2ccccc2)cc1. The zero-order valence-electron chi connectivity index (χ0n) is 43.5. The standard InChI is InChI=1S/C64H66BN3O/c1-60(2,3)37-25-28-42(29-26-37)67-52-35-40(63(10,11)12)32-46-54-53-43-23-19-20-24-49(43)66(41-21-17-16-18-22-41)51(53)36-45-44-31-38(61(4,5)6)27-30-50(44)68(56(45)54)65(55(46)52)59-57(67)47-33-39(62(7,8)9)34-48(58(47)69-59)64(13,14)15/h16-36H,1-15H3. The molecule has 0 N–H and O–H groups in total. The van der Waals surface area contributed by atoms with Crippen molar-refractivity contribution in [2.24, 2.45) is 0 Å². The summed E-state index contributed by atoms with van der Waals surface area (Å²) in [7, 11) is 0. The van der Waals surface area contributed by atoms with Crippen molar-refractivity contribution in [1.82, 2.24) is 9.05 Å². The summed E-state index contributed by atoms with van der Waals surface area (Å²) in [6.45, 7) is 34.8. The van der Waals surface area contributed by atoms with Crippen LogP contribution in [-0.4, -0.2) is 15.9 Å². The third kappa shape index (κ3) is 6.34. The molecule has 69 heavy (non-hydrogen) atoms. The number of aromatic nitrogens is 2. The zero-order chi connectivity index (χ0) is 48.6. The van der Waals surface area contributed by atoms with E-state index in [1.54, 1.807) is 0 Å². The first kappa shape index (κ1) is 43.8. The molecule has 0 fully saturated rings. The minimum atomic E-state index is -0.240. The molecule has 5 heteroatoms. The number of para-hydroxylation sites is 2. The number of anilines is 3. The van der Waals surface area contributed by atoms with E-state index in [-0.39, 0.29) is 33.9 Å². The quantitative estimate of drug-likeness (QED) is 0.162. The summed E-state index contributed by atoms with van der Waals surface area (Å²) in [4.78, 5) is 2.59. The van der Waals surface area contributed by atoms with Crippen LogP contribution in [0.2, 0.25) is 0 Å². The number of hydrogen-bond acceptors (Lipinski definition) is 2. The van der Waals surface area contributed by atoms with Crippen LogP contribution in [0.25, 0.3) is 71.4 Å². The summed E-state index contributed by atoms with van der Waals surface area (Å²) in [5.41, 5.74) is 21.5. The Balaban J connectivity index is 1.34. The van der Waals surface area contributed by atoms with E-state index in [0.717, 1.165) is 28.3 Å². The van der Waals surface area contributed by atoms with Gasteiger partial charge in [-0.3, -0.25) is 0 Å². The third-order valence-corrected chi connectivity index (χ3v) is 15.6. The minimum Gasteiger partial charge on any atom is -0.466 e. The van der Waals surface area contributed by atoms with E-state index >= 15 is 0 Å². The van der Waals surface area contributed by atoms with Gasteiger partial charge in [-0.1, -0.05) is 171 Å². The maximum absolute atomic E-state index is 7.79. The van der Waals surface area contributed by atoms with Crippen molar-refractivity contribution < 1.29 is 4.42 Å². The van der Waals surface area contributed by atoms with Crippen LogP contribution in [-0.2, 0) is 27.1 Å². The Hall–Kier alpha value is -6.46. The Morgan fingerprint density at radius 1 is 0.449 bits per heavy atom. The molecule has 4 nitrogen and oxygen atoms in total. The summed E-state index contributed by atoms with van der Waals surface area (Å²) >= 11 is 0. The molecule has 0 amide bonds. The van der Waals surface area contributed by atoms with E-state index < -0.39 is 0 Å². The summed E-state index contributed by atoms with van der Waals surface area (Å²) < 4.78 is 13.0. The Bertz CT molecular complexity index is 3790. The van der Waals surface area contributed by atoms with Gasteiger partial charge in [0.15, 0.2) is 0 Å². The molecule has 5 heterocycles. The molecule has 0 bridgehead atoms. The maximum Gasteiger partial charge on any atom is 0.375 e. The molecule has 0 aliphatic carbocycles. The summed E-state index contributed by atoms with van der Waals surface area (Å²) in [6, 6.07) is 49.2. The molecule has 346 valence electrons. The minimum absolute atomic E-state index is 0.00920. The number of rotatable bonds is 2. The lowest BCUT2D eigenvalue weighted by molar-refractivity contribution is 0.557. The molecular formula is C64H66BN3O. The molecule has 2 aliphatic rings. The molecule has 0 radical (unpaired) electrons. The van der Waals surface area contributed by atoms with E-state index in [9.17, 15) is 0 Å². The van der Waals surface area contributed by atoms with Crippen molar-refractivity contribution in [3.05, 3.63) is 155 Å². The smallest absolute Gasteiger partial charge is 0.375 e. The van der Waals surface area contributed by atoms with Gasteiger partial charge in [0.1, 0.15) is 11.2 Å². The highest BCUT2D eigenvalue weighted by atomic mass is 16.3. The number of benzene rings is 7. The van der Waals surface area contributed by atoms with Gasteiger partial charge in [-0.15, -0.1) is 0 Å². The van der Waals surface area contributed by atoms with Gasteiger partial charge in [-0.25, -0.2) is 0 Å². The molecule has 7 aromatic carbocycles. The van der Waals surface area contributed by atoms with Crippen LogP contribution >= 0.6 is 0 Å². The first-order valence-electron chi connectivity index (χ1n) is 25.2. The molecule has 10 aromatic rings. The highest BCUT2D eigenvalue weighted by Gasteiger charge is 2.48. The lowest BCUT2D eigenvalue weighted by Crippen LogP contribution is -2.56. The van der Waals surface area contributed by atoms with Crippen LogP contribution < -0.4 is 16.0 Å². The van der Waals surface area contributed by atoms with Gasteiger partial charge in [0.25, 0.3) is 0 Å². The van der Waals surface area contributed by atoms with Crippen LogP contribution in [0.3, 0.4) is 0 Å². The first-order chi connectivity index (χ1) is 32.4. The van der Waals surface area contributed by atoms with Crippen LogP contribution in [0.1, 0.15) is 132 Å². The van der Waals surface area contributed by atoms with Gasteiger partial charge in [-0.05, 0) is 121 Å². The zero-order valence-corrected chi connectivity index (χ0v) is 43.5. The van der Waals surface area contributed by atoms with E-state index in [1.165, 1.54) is 99.1 Å². The van der Waals surface area contributed by atoms with Crippen molar-refractivity contribution >= 4 is 89.6 Å². The van der Waals surface area contributed by atoms with Gasteiger partial charge in [0.2, 0.25) is 0 Å². The average Bonchev–Trinajstić information content (AvgIpc) is 3.94. The Morgan fingerprint density at radius 2 is 1.06 bits per heavy atom. The van der Waals surface area contributed by atoms with E-state index in [0.29, 0.717) is 0 Å². The third-order valence-electron chi connectivity index (χ3n) is 15.6. The largest absolute Gasteiger partial charge is 0.466 e. The molecule has 12 rings (SSSR count). The van der Waals surface area contributed by atoms with Crippen LogP contribution in [0, 0.1) is 0 Å². The second-order valence-corrected chi connectivity index (χ2v) is 25.5. The Labute approximate surface area is 409 Å². The molecule has 0 spiro atoms. The summed E-state index contributed by atoms with van der Waals surface area (Å²) in [5, 5.41) is 6.27. The van der Waals surface area contributed by atoms with E-state index in [4.69, 9.17) is 4.42 Å². The number of furan rings is 1. The molecule has 2 aliphatic heterocycles. The fourth-order valence-corrected chi connectivity index (χ4v) is 11.7. The second kappa shape index (κ2) is 14.1. The number of hydrogen-bond donors (Lipinski definition) is 0. The normalized spacial score (nSPS) is 14.2. The molecule has 0 saturated heterocycles. The van der Waals surface area contributed by atoms with Gasteiger partial charge in [-0.2, -0.15) is 0 Å². The van der Waals surface area contributed by atoms with Gasteiger partial charge in [0, 0.05) is 66.2 Å². The average molecular weight is 904 g/mol. The molecular weight excluding hydrogens is 838 g/mol. The topological polar surface area (TPSA) is 26.2 Å². The molecule has 3 aromatic heterocycles. The number of nitrogens with zero attached hydrogens (tertiary/aromatic N) is 3. The van der Waals surface area contributed by atoms with Crippen molar-refractivity contribution in [2.75, 3.05) is 4.90 Å². The van der Waals surface area contributed by atoms with Gasteiger partial charge < -0.3 is 18.4 Å². The molecule has 0 saturated carbocycles. The highest BCUT2D eigenvalue weighted by molar-refractivity contribution is 6.89. The predicted octanol–water partition coefficient (Wildman–Crippen LogP) is 16.5. The Kier molecular flexibility index (Phi) is 8.94. The van der Waals surface area contributed by atoms with E-state index in [2.05, 4.69) is 245 Å². The fourth-order valence-electron chi connectivity index (χ4n) is 11.7. The van der Waals surface area contributed by atoms with Crippen LogP contribution in [0.15, 0.2) is 132 Å².